The molecule has 0 heterocycles. The van der Waals surface area contributed by atoms with Crippen LogP contribution < -0.4 is 15.8 Å². The van der Waals surface area contributed by atoms with Crippen LogP contribution in [0.1, 0.15) is 10.4 Å². The maximum atomic E-state index is 12.1. The first-order valence-corrected chi connectivity index (χ1v) is 6.61. The molecule has 0 saturated carbocycles. The lowest BCUT2D eigenvalue weighted by molar-refractivity contribution is 0.102. The third kappa shape index (κ3) is 3.32. The van der Waals surface area contributed by atoms with E-state index in [9.17, 15) is 9.90 Å². The van der Waals surface area contributed by atoms with Crippen LogP contribution in [0.5, 0.6) is 11.5 Å². The van der Waals surface area contributed by atoms with Crippen LogP contribution in [0, 0.1) is 0 Å². The Labute approximate surface area is 131 Å². The molecule has 4 N–H and O–H groups in total. The number of phenols is 1. The van der Waals surface area contributed by atoms with Crippen molar-refractivity contribution < 1.29 is 14.6 Å². The molecule has 5 nitrogen and oxygen atoms in total. The predicted octanol–water partition coefficient (Wildman–Crippen LogP) is 3.54. The molecular weight excluding hydrogens is 315 g/mol. The highest BCUT2D eigenvalue weighted by molar-refractivity contribution is 6.39. The summed E-state index contributed by atoms with van der Waals surface area (Å²) in [5, 5.41) is 12.7. The SMILES string of the molecule is COc1ccc(NC(=O)c2cc(Cl)c(N)c(Cl)c2)cc1O. The molecule has 0 unspecified atom stereocenters. The molecule has 1 amide bonds. The number of phenolic OH excluding ortho intramolecular Hbond substituents is 1. The average molecular weight is 327 g/mol. The molecule has 0 aromatic heterocycles. The number of nitrogen functional groups attached to an aromatic ring is 1. The molecule has 0 fully saturated rings. The van der Waals surface area contributed by atoms with Crippen LogP contribution >= 0.6 is 23.2 Å². The summed E-state index contributed by atoms with van der Waals surface area (Å²) in [4.78, 5) is 12.1. The minimum atomic E-state index is -0.427. The summed E-state index contributed by atoms with van der Waals surface area (Å²) in [7, 11) is 1.44. The number of amides is 1. The largest absolute Gasteiger partial charge is 0.504 e. The molecule has 0 aliphatic carbocycles. The Hall–Kier alpha value is -2.11. The molecule has 0 aliphatic rings. The number of carbonyl (C=O) groups excluding carboxylic acids is 1. The van der Waals surface area contributed by atoms with Gasteiger partial charge in [0.1, 0.15) is 0 Å². The van der Waals surface area contributed by atoms with Crippen LogP contribution in [0.15, 0.2) is 30.3 Å². The highest BCUT2D eigenvalue weighted by Gasteiger charge is 2.12. The lowest BCUT2D eigenvalue weighted by Gasteiger charge is -2.09. The maximum Gasteiger partial charge on any atom is 0.255 e. The molecule has 2 aromatic carbocycles. The van der Waals surface area contributed by atoms with Gasteiger partial charge in [0.25, 0.3) is 5.91 Å². The number of nitrogens with two attached hydrogens (primary N) is 1. The number of benzene rings is 2. The van der Waals surface area contributed by atoms with Gasteiger partial charge >= 0.3 is 0 Å². The quantitative estimate of drug-likeness (QED) is 0.753. The van der Waals surface area contributed by atoms with Crippen LogP contribution in [0.3, 0.4) is 0 Å². The van der Waals surface area contributed by atoms with Gasteiger partial charge in [0.05, 0.1) is 22.8 Å². The number of halogens is 2. The number of hydrogen-bond donors (Lipinski definition) is 3. The maximum absolute atomic E-state index is 12.1. The van der Waals surface area contributed by atoms with Crippen LogP contribution in [0.2, 0.25) is 10.0 Å². The summed E-state index contributed by atoms with van der Waals surface area (Å²) in [6, 6.07) is 7.34. The number of rotatable bonds is 3. The van der Waals surface area contributed by atoms with Crippen molar-refractivity contribution in [2.24, 2.45) is 0 Å². The normalized spacial score (nSPS) is 10.2. The van der Waals surface area contributed by atoms with Crippen molar-refractivity contribution in [3.05, 3.63) is 45.9 Å². The van der Waals surface area contributed by atoms with Crippen molar-refractivity contribution in [3.63, 3.8) is 0 Å². The molecule has 0 saturated heterocycles. The third-order valence-electron chi connectivity index (χ3n) is 2.78. The van der Waals surface area contributed by atoms with E-state index in [1.807, 2.05) is 0 Å². The van der Waals surface area contributed by atoms with E-state index in [-0.39, 0.29) is 27.0 Å². The molecule has 2 aromatic rings. The number of carbonyl (C=O) groups is 1. The van der Waals surface area contributed by atoms with Crippen molar-refractivity contribution in [1.29, 1.82) is 0 Å². The Kier molecular flexibility index (Phi) is 4.45. The van der Waals surface area contributed by atoms with Gasteiger partial charge in [-0.2, -0.15) is 0 Å². The Morgan fingerprint density at radius 3 is 2.38 bits per heavy atom. The third-order valence-corrected chi connectivity index (χ3v) is 3.40. The topological polar surface area (TPSA) is 84.6 Å². The number of anilines is 2. The zero-order valence-corrected chi connectivity index (χ0v) is 12.5. The summed E-state index contributed by atoms with van der Waals surface area (Å²) in [5.74, 6) is -0.196. The molecular formula is C14H12Cl2N2O3. The minimum absolute atomic E-state index is 0.0799. The van der Waals surface area contributed by atoms with E-state index < -0.39 is 5.91 Å². The van der Waals surface area contributed by atoms with Crippen LogP contribution in [-0.2, 0) is 0 Å². The van der Waals surface area contributed by atoms with Crippen molar-refractivity contribution in [2.45, 2.75) is 0 Å². The highest BCUT2D eigenvalue weighted by atomic mass is 35.5. The minimum Gasteiger partial charge on any atom is -0.504 e. The van der Waals surface area contributed by atoms with Crippen LogP contribution in [-0.4, -0.2) is 18.1 Å². The summed E-state index contributed by atoms with van der Waals surface area (Å²) in [6.45, 7) is 0. The number of ether oxygens (including phenoxy) is 1. The van der Waals surface area contributed by atoms with Crippen LogP contribution in [0.4, 0.5) is 11.4 Å². The number of methoxy groups -OCH3 is 1. The fraction of sp³-hybridized carbons (Fsp3) is 0.0714. The molecule has 0 aliphatic heterocycles. The number of aromatic hydroxyl groups is 1. The van der Waals surface area contributed by atoms with Gasteiger partial charge in [0.2, 0.25) is 0 Å². The van der Waals surface area contributed by atoms with Gasteiger partial charge in [0, 0.05) is 17.3 Å². The van der Waals surface area contributed by atoms with E-state index in [0.29, 0.717) is 11.4 Å². The molecule has 0 atom stereocenters. The van der Waals surface area contributed by atoms with E-state index >= 15 is 0 Å². The van der Waals surface area contributed by atoms with Gasteiger partial charge in [-0.3, -0.25) is 4.79 Å². The van der Waals surface area contributed by atoms with Crippen LogP contribution in [0.25, 0.3) is 0 Å². The second-order valence-electron chi connectivity index (χ2n) is 4.19. The average Bonchev–Trinajstić information content (AvgIpc) is 2.44. The molecule has 7 heteroatoms. The van der Waals surface area contributed by atoms with E-state index in [0.717, 1.165) is 0 Å². The summed E-state index contributed by atoms with van der Waals surface area (Å²) >= 11 is 11.8. The van der Waals surface area contributed by atoms with Crippen molar-refractivity contribution in [3.8, 4) is 11.5 Å². The molecule has 110 valence electrons. The number of nitrogens with one attached hydrogen (secondary N) is 1. The highest BCUT2D eigenvalue weighted by Crippen LogP contribution is 2.31. The van der Waals surface area contributed by atoms with E-state index in [1.165, 1.54) is 31.4 Å². The molecule has 0 bridgehead atoms. The predicted molar refractivity (Wildman–Crippen MR) is 83.5 cm³/mol. The second kappa shape index (κ2) is 6.11. The zero-order chi connectivity index (χ0) is 15.6. The smallest absolute Gasteiger partial charge is 0.255 e. The monoisotopic (exact) mass is 326 g/mol. The fourth-order valence-corrected chi connectivity index (χ4v) is 2.17. The second-order valence-corrected chi connectivity index (χ2v) is 5.01. The Bertz CT molecular complexity index is 682. The van der Waals surface area contributed by atoms with Gasteiger partial charge in [-0.1, -0.05) is 23.2 Å². The molecule has 21 heavy (non-hydrogen) atoms. The van der Waals surface area contributed by atoms with Gasteiger partial charge in [-0.15, -0.1) is 0 Å². The van der Waals surface area contributed by atoms with E-state index in [2.05, 4.69) is 5.32 Å². The Morgan fingerprint density at radius 2 is 1.86 bits per heavy atom. The van der Waals surface area contributed by atoms with Crippen molar-refractivity contribution >= 4 is 40.5 Å². The van der Waals surface area contributed by atoms with Gasteiger partial charge in [0.15, 0.2) is 11.5 Å². The van der Waals surface area contributed by atoms with Crippen molar-refractivity contribution in [2.75, 3.05) is 18.2 Å². The van der Waals surface area contributed by atoms with Crippen molar-refractivity contribution in [1.82, 2.24) is 0 Å². The lowest BCUT2D eigenvalue weighted by Crippen LogP contribution is -2.12. The Morgan fingerprint density at radius 1 is 1.24 bits per heavy atom. The first kappa shape index (κ1) is 15.3. The summed E-state index contributed by atoms with van der Waals surface area (Å²) in [6.07, 6.45) is 0. The molecule has 0 radical (unpaired) electrons. The zero-order valence-electron chi connectivity index (χ0n) is 11.0. The fourth-order valence-electron chi connectivity index (χ4n) is 1.69. The molecule has 0 spiro atoms. The lowest BCUT2D eigenvalue weighted by atomic mass is 10.2. The first-order chi connectivity index (χ1) is 9.92. The summed E-state index contributed by atoms with van der Waals surface area (Å²) in [5.41, 5.74) is 6.50. The van der Waals surface area contributed by atoms with E-state index in [4.69, 9.17) is 33.7 Å². The van der Waals surface area contributed by atoms with E-state index in [1.54, 1.807) is 6.07 Å². The standard InChI is InChI=1S/C14H12Cl2N2O3/c1-21-12-3-2-8(6-11(12)19)18-14(20)7-4-9(15)13(17)10(16)5-7/h2-6,19H,17H2,1H3,(H,18,20). The summed E-state index contributed by atoms with van der Waals surface area (Å²) < 4.78 is 4.92. The Balaban J connectivity index is 2.24. The molecule has 2 rings (SSSR count). The first-order valence-electron chi connectivity index (χ1n) is 5.85. The van der Waals surface area contributed by atoms with Gasteiger partial charge in [-0.05, 0) is 24.3 Å². The van der Waals surface area contributed by atoms with Gasteiger partial charge in [-0.25, -0.2) is 0 Å². The van der Waals surface area contributed by atoms with Gasteiger partial charge < -0.3 is 20.9 Å². The number of hydrogen-bond acceptors (Lipinski definition) is 4.